The second-order valence-electron chi connectivity index (χ2n) is 2.36. The molecule has 0 heterocycles. The lowest BCUT2D eigenvalue weighted by atomic mass is 10.2. The zero-order valence-electron chi connectivity index (χ0n) is 10.7. The molecule has 0 radical (unpaired) electrons. The van der Waals surface area contributed by atoms with Gasteiger partial charge in [0, 0.05) is 0 Å². The van der Waals surface area contributed by atoms with Gasteiger partial charge < -0.3 is 14.8 Å². The summed E-state index contributed by atoms with van der Waals surface area (Å²) in [5.74, 6) is 0. The SMILES string of the molecule is C=O.C=O.CC.Cc1ccccc1S(=O)(=O)NO. The fourth-order valence-corrected chi connectivity index (χ4v) is 1.76. The van der Waals surface area contributed by atoms with Crippen LogP contribution in [0.2, 0.25) is 0 Å². The van der Waals surface area contributed by atoms with Crippen LogP contribution in [-0.2, 0) is 19.6 Å². The molecule has 0 saturated heterocycles. The van der Waals surface area contributed by atoms with E-state index in [9.17, 15) is 8.42 Å². The second kappa shape index (κ2) is 13.5. The molecule has 0 bridgehead atoms. The number of aryl methyl sites for hydroxylation is 1. The lowest BCUT2D eigenvalue weighted by molar-refractivity contribution is -0.0987. The van der Waals surface area contributed by atoms with Crippen LogP contribution in [-0.4, -0.2) is 27.2 Å². The van der Waals surface area contributed by atoms with Crippen LogP contribution in [0.5, 0.6) is 0 Å². The first-order chi connectivity index (χ1) is 8.58. The molecular formula is C11H19NO5S. The summed E-state index contributed by atoms with van der Waals surface area (Å²) in [6.45, 7) is 9.66. The molecule has 18 heavy (non-hydrogen) atoms. The lowest BCUT2D eigenvalue weighted by Crippen LogP contribution is -2.20. The highest BCUT2D eigenvalue weighted by Gasteiger charge is 2.13. The van der Waals surface area contributed by atoms with Crippen molar-refractivity contribution in [2.75, 3.05) is 0 Å². The minimum atomic E-state index is -3.72. The predicted octanol–water partition coefficient (Wildman–Crippen LogP) is 1.32. The van der Waals surface area contributed by atoms with Gasteiger partial charge in [-0.3, -0.25) is 0 Å². The van der Waals surface area contributed by atoms with E-state index in [1.54, 1.807) is 25.1 Å². The second-order valence-corrected chi connectivity index (χ2v) is 3.99. The molecule has 0 fully saturated rings. The van der Waals surface area contributed by atoms with E-state index in [2.05, 4.69) is 0 Å². The maximum atomic E-state index is 11.1. The summed E-state index contributed by atoms with van der Waals surface area (Å²) in [7, 11) is -3.72. The maximum absolute atomic E-state index is 11.1. The van der Waals surface area contributed by atoms with E-state index in [1.807, 2.05) is 27.4 Å². The summed E-state index contributed by atoms with van der Waals surface area (Å²) in [5, 5.41) is 8.33. The first-order valence-electron chi connectivity index (χ1n) is 4.87. The van der Waals surface area contributed by atoms with Crippen molar-refractivity contribution in [1.82, 2.24) is 4.89 Å². The van der Waals surface area contributed by atoms with Gasteiger partial charge in [0.1, 0.15) is 13.6 Å². The summed E-state index contributed by atoms with van der Waals surface area (Å²) in [6.07, 6.45) is 0. The molecule has 6 nitrogen and oxygen atoms in total. The van der Waals surface area contributed by atoms with E-state index in [0.717, 1.165) is 0 Å². The predicted molar refractivity (Wildman–Crippen MR) is 68.9 cm³/mol. The van der Waals surface area contributed by atoms with E-state index in [1.165, 1.54) is 11.0 Å². The van der Waals surface area contributed by atoms with Crippen LogP contribution < -0.4 is 4.89 Å². The van der Waals surface area contributed by atoms with Crippen LogP contribution in [0.4, 0.5) is 0 Å². The zero-order valence-corrected chi connectivity index (χ0v) is 11.5. The molecule has 1 rings (SSSR count). The van der Waals surface area contributed by atoms with Crippen molar-refractivity contribution in [3.63, 3.8) is 0 Å². The molecule has 1 aromatic rings. The summed E-state index contributed by atoms with van der Waals surface area (Å²) in [5.41, 5.74) is 0.596. The minimum absolute atomic E-state index is 0.0903. The zero-order chi connectivity index (χ0) is 15.2. The van der Waals surface area contributed by atoms with Crippen molar-refractivity contribution >= 4 is 23.6 Å². The van der Waals surface area contributed by atoms with Crippen molar-refractivity contribution in [3.05, 3.63) is 29.8 Å². The largest absolute Gasteiger partial charge is 0.307 e. The van der Waals surface area contributed by atoms with Crippen LogP contribution in [0.25, 0.3) is 0 Å². The molecule has 0 aliphatic rings. The van der Waals surface area contributed by atoms with Gasteiger partial charge >= 0.3 is 0 Å². The van der Waals surface area contributed by atoms with Gasteiger partial charge in [0.25, 0.3) is 10.0 Å². The fraction of sp³-hybridized carbons (Fsp3) is 0.273. The van der Waals surface area contributed by atoms with Gasteiger partial charge in [-0.2, -0.15) is 0 Å². The first-order valence-corrected chi connectivity index (χ1v) is 6.35. The van der Waals surface area contributed by atoms with Gasteiger partial charge in [-0.15, -0.1) is 0 Å². The van der Waals surface area contributed by atoms with E-state index in [4.69, 9.17) is 14.8 Å². The van der Waals surface area contributed by atoms with Crippen molar-refractivity contribution in [2.45, 2.75) is 25.7 Å². The highest BCUT2D eigenvalue weighted by molar-refractivity contribution is 7.89. The van der Waals surface area contributed by atoms with E-state index in [-0.39, 0.29) is 4.90 Å². The van der Waals surface area contributed by atoms with Gasteiger partial charge in [0.15, 0.2) is 0 Å². The number of hydrogen-bond donors (Lipinski definition) is 2. The first kappa shape index (κ1) is 21.7. The van der Waals surface area contributed by atoms with E-state index in [0.29, 0.717) is 5.56 Å². The molecule has 0 aromatic heterocycles. The van der Waals surface area contributed by atoms with E-state index < -0.39 is 10.0 Å². The Morgan fingerprint density at radius 2 is 1.44 bits per heavy atom. The van der Waals surface area contributed by atoms with Gasteiger partial charge in [0.2, 0.25) is 0 Å². The molecule has 0 spiro atoms. The number of hydrogen-bond acceptors (Lipinski definition) is 5. The van der Waals surface area contributed by atoms with Crippen LogP contribution in [0.3, 0.4) is 0 Å². The van der Waals surface area contributed by atoms with Crippen molar-refractivity contribution in [1.29, 1.82) is 0 Å². The molecule has 0 aliphatic heterocycles. The Morgan fingerprint density at radius 1 is 1.06 bits per heavy atom. The van der Waals surface area contributed by atoms with Crippen molar-refractivity contribution in [2.24, 2.45) is 0 Å². The Balaban J connectivity index is -0.000000328. The number of benzene rings is 1. The summed E-state index contributed by atoms with van der Waals surface area (Å²) >= 11 is 0. The molecule has 0 amide bonds. The molecule has 7 heteroatoms. The number of rotatable bonds is 2. The number of carbonyl (C=O) groups is 2. The monoisotopic (exact) mass is 277 g/mol. The quantitative estimate of drug-likeness (QED) is 0.794. The van der Waals surface area contributed by atoms with E-state index >= 15 is 0 Å². The smallest absolute Gasteiger partial charge is 0.262 e. The maximum Gasteiger partial charge on any atom is 0.262 e. The van der Waals surface area contributed by atoms with Crippen LogP contribution in [0, 0.1) is 6.92 Å². The normalized spacial score (nSPS) is 8.44. The Hall–Kier alpha value is -1.57. The molecule has 104 valence electrons. The molecule has 2 N–H and O–H groups in total. The Bertz CT molecular complexity index is 404. The van der Waals surface area contributed by atoms with Crippen molar-refractivity contribution < 1.29 is 23.2 Å². The highest BCUT2D eigenvalue weighted by atomic mass is 32.2. The highest BCUT2D eigenvalue weighted by Crippen LogP contribution is 2.12. The third-order valence-electron chi connectivity index (χ3n) is 1.50. The Labute approximate surface area is 108 Å². The summed E-state index contributed by atoms with van der Waals surface area (Å²) in [4.78, 5) is 17.4. The van der Waals surface area contributed by atoms with Crippen LogP contribution in [0.1, 0.15) is 19.4 Å². The lowest BCUT2D eigenvalue weighted by Gasteiger charge is -2.03. The Kier molecular flexibility index (Phi) is 16.3. The summed E-state index contributed by atoms with van der Waals surface area (Å²) in [6, 6.07) is 6.40. The molecular weight excluding hydrogens is 258 g/mol. The van der Waals surface area contributed by atoms with Crippen LogP contribution in [0.15, 0.2) is 29.2 Å². The summed E-state index contributed by atoms with van der Waals surface area (Å²) < 4.78 is 22.1. The fourth-order valence-electron chi connectivity index (χ4n) is 0.907. The number of carbonyl (C=O) groups excluding carboxylic acids is 2. The van der Waals surface area contributed by atoms with Gasteiger partial charge in [-0.25, -0.2) is 8.42 Å². The van der Waals surface area contributed by atoms with Gasteiger partial charge in [-0.05, 0) is 18.6 Å². The molecule has 1 aromatic carbocycles. The standard InChI is InChI=1S/C7H9NO3S.C2H6.2CH2O/c1-6-4-2-3-5-7(6)12(10,11)8-9;3*1-2/h2-5,8-9H,1H3;1-2H3;2*1H2. The third-order valence-corrected chi connectivity index (χ3v) is 2.78. The van der Waals surface area contributed by atoms with Crippen LogP contribution >= 0.6 is 0 Å². The van der Waals surface area contributed by atoms with Gasteiger partial charge in [-0.1, -0.05) is 36.9 Å². The number of nitrogens with one attached hydrogen (secondary N) is 1. The van der Waals surface area contributed by atoms with Crippen molar-refractivity contribution in [3.8, 4) is 0 Å². The molecule has 0 unspecified atom stereocenters. The molecule has 0 saturated carbocycles. The third kappa shape index (κ3) is 7.66. The van der Waals surface area contributed by atoms with Gasteiger partial charge in [0.05, 0.1) is 4.90 Å². The minimum Gasteiger partial charge on any atom is -0.307 e. The average Bonchev–Trinajstić information content (AvgIpc) is 2.46. The topological polar surface area (TPSA) is 101 Å². The number of sulfonamides is 1. The molecule has 0 atom stereocenters. The molecule has 0 aliphatic carbocycles. The Morgan fingerprint density at radius 3 is 1.78 bits per heavy atom. The average molecular weight is 277 g/mol.